The second kappa shape index (κ2) is 5.54. The minimum absolute atomic E-state index is 0.295. The van der Waals surface area contributed by atoms with E-state index in [1.165, 1.54) is 0 Å². The fraction of sp³-hybridized carbons (Fsp3) is 0.385. The van der Waals surface area contributed by atoms with Crippen molar-refractivity contribution in [1.82, 2.24) is 4.72 Å². The summed E-state index contributed by atoms with van der Waals surface area (Å²) in [5.41, 5.74) is 8.56. The molecule has 100 valence electrons. The van der Waals surface area contributed by atoms with E-state index in [0.29, 0.717) is 29.1 Å². The van der Waals surface area contributed by atoms with Crippen LogP contribution >= 0.6 is 0 Å². The lowest BCUT2D eigenvalue weighted by molar-refractivity contribution is 0.580. The van der Waals surface area contributed by atoms with Crippen LogP contribution in [0.2, 0.25) is 0 Å². The number of benzene rings is 1. The normalized spacial score (nSPS) is 11.5. The Labute approximate surface area is 109 Å². The highest BCUT2D eigenvalue weighted by Crippen LogP contribution is 2.27. The van der Waals surface area contributed by atoms with Gasteiger partial charge in [0.25, 0.3) is 0 Å². The molecule has 0 amide bonds. The fourth-order valence-corrected chi connectivity index (χ4v) is 3.43. The Morgan fingerprint density at radius 1 is 1.33 bits per heavy atom. The third-order valence-corrected chi connectivity index (χ3v) is 4.72. The zero-order valence-corrected chi connectivity index (χ0v) is 11.9. The van der Waals surface area contributed by atoms with E-state index in [-0.39, 0.29) is 0 Å². The van der Waals surface area contributed by atoms with Gasteiger partial charge in [0.2, 0.25) is 10.0 Å². The van der Waals surface area contributed by atoms with Crippen molar-refractivity contribution in [1.29, 1.82) is 0 Å². The average molecular weight is 268 g/mol. The lowest BCUT2D eigenvalue weighted by atomic mass is 10.1. The molecule has 3 N–H and O–H groups in total. The first-order chi connectivity index (χ1) is 8.31. The second-order valence-corrected chi connectivity index (χ2v) is 6.04. The van der Waals surface area contributed by atoms with Crippen LogP contribution in [0, 0.1) is 20.8 Å². The molecule has 0 heterocycles. The number of nitrogen functional groups attached to an aromatic ring is 1. The topological polar surface area (TPSA) is 72.2 Å². The Kier molecular flexibility index (Phi) is 4.53. The summed E-state index contributed by atoms with van der Waals surface area (Å²) in [6.07, 6.45) is 2.27. The summed E-state index contributed by atoms with van der Waals surface area (Å²) in [7, 11) is -3.52. The quantitative estimate of drug-likeness (QED) is 0.487. The maximum absolute atomic E-state index is 12.3. The van der Waals surface area contributed by atoms with Crippen molar-refractivity contribution in [3.05, 3.63) is 35.4 Å². The largest absolute Gasteiger partial charge is 0.398 e. The van der Waals surface area contributed by atoms with E-state index in [4.69, 9.17) is 5.73 Å². The summed E-state index contributed by atoms with van der Waals surface area (Å²) >= 11 is 0. The number of nitrogens with two attached hydrogens (primary N) is 1. The molecule has 1 aromatic carbocycles. The first kappa shape index (κ1) is 14.7. The Balaban J connectivity index is 3.28. The van der Waals surface area contributed by atoms with Crippen LogP contribution in [0.25, 0.3) is 0 Å². The highest BCUT2D eigenvalue weighted by atomic mass is 32.2. The van der Waals surface area contributed by atoms with E-state index in [1.807, 2.05) is 6.92 Å². The van der Waals surface area contributed by atoms with Crippen molar-refractivity contribution in [2.24, 2.45) is 0 Å². The molecule has 0 unspecified atom stereocenters. The fourth-order valence-electron chi connectivity index (χ4n) is 1.81. The van der Waals surface area contributed by atoms with Crippen LogP contribution in [-0.2, 0) is 10.0 Å². The predicted octanol–water partition coefficient (Wildman–Crippen LogP) is 2.05. The van der Waals surface area contributed by atoms with E-state index in [0.717, 1.165) is 11.1 Å². The summed E-state index contributed by atoms with van der Waals surface area (Å²) in [5.74, 6) is 0. The number of nitrogens with one attached hydrogen (secondary N) is 1. The SMILES string of the molecule is C=CCCNS(=O)(=O)c1c(C)c(C)cc(N)c1C. The number of rotatable bonds is 5. The summed E-state index contributed by atoms with van der Waals surface area (Å²) in [6.45, 7) is 9.28. The van der Waals surface area contributed by atoms with Gasteiger partial charge < -0.3 is 5.73 Å². The predicted molar refractivity (Wildman–Crippen MR) is 75.1 cm³/mol. The summed E-state index contributed by atoms with van der Waals surface area (Å²) in [5, 5.41) is 0. The van der Waals surface area contributed by atoms with Crippen molar-refractivity contribution < 1.29 is 8.42 Å². The molecule has 4 nitrogen and oxygen atoms in total. The first-order valence-electron chi connectivity index (χ1n) is 5.78. The monoisotopic (exact) mass is 268 g/mol. The Morgan fingerprint density at radius 3 is 2.50 bits per heavy atom. The molecule has 5 heteroatoms. The number of sulfonamides is 1. The molecule has 1 aromatic rings. The molecule has 18 heavy (non-hydrogen) atoms. The van der Waals surface area contributed by atoms with Crippen LogP contribution in [0.5, 0.6) is 0 Å². The van der Waals surface area contributed by atoms with Crippen LogP contribution in [0.3, 0.4) is 0 Å². The summed E-state index contributed by atoms with van der Waals surface area (Å²) < 4.78 is 27.1. The van der Waals surface area contributed by atoms with Gasteiger partial charge in [-0.05, 0) is 49.9 Å². The van der Waals surface area contributed by atoms with Gasteiger partial charge in [0, 0.05) is 12.2 Å². The highest BCUT2D eigenvalue weighted by molar-refractivity contribution is 7.89. The van der Waals surface area contributed by atoms with Crippen molar-refractivity contribution >= 4 is 15.7 Å². The standard InChI is InChI=1S/C13H20N2O2S/c1-5-6-7-15-18(16,17)13-10(3)9(2)8-12(14)11(13)4/h5,8,15H,1,6-7,14H2,2-4H3. The van der Waals surface area contributed by atoms with Gasteiger partial charge in [-0.15, -0.1) is 6.58 Å². The molecule has 0 saturated heterocycles. The van der Waals surface area contributed by atoms with E-state index >= 15 is 0 Å². The maximum Gasteiger partial charge on any atom is 0.241 e. The number of aryl methyl sites for hydroxylation is 1. The van der Waals surface area contributed by atoms with Crippen molar-refractivity contribution in [3.8, 4) is 0 Å². The van der Waals surface area contributed by atoms with Crippen molar-refractivity contribution in [3.63, 3.8) is 0 Å². The Morgan fingerprint density at radius 2 is 1.94 bits per heavy atom. The van der Waals surface area contributed by atoms with Crippen LogP contribution in [0.4, 0.5) is 5.69 Å². The van der Waals surface area contributed by atoms with Crippen LogP contribution in [0.15, 0.2) is 23.6 Å². The molecule has 0 radical (unpaired) electrons. The van der Waals surface area contributed by atoms with Gasteiger partial charge in [0.05, 0.1) is 4.90 Å². The van der Waals surface area contributed by atoms with Gasteiger partial charge in [0.1, 0.15) is 0 Å². The third-order valence-electron chi connectivity index (χ3n) is 2.99. The molecule has 0 spiro atoms. The molecule has 0 aliphatic heterocycles. The number of hydrogen-bond acceptors (Lipinski definition) is 3. The zero-order valence-electron chi connectivity index (χ0n) is 11.1. The van der Waals surface area contributed by atoms with Crippen LogP contribution in [-0.4, -0.2) is 15.0 Å². The van der Waals surface area contributed by atoms with Crippen molar-refractivity contribution in [2.45, 2.75) is 32.1 Å². The molecule has 0 fully saturated rings. The van der Waals surface area contributed by atoms with Crippen LogP contribution in [0.1, 0.15) is 23.1 Å². The lowest BCUT2D eigenvalue weighted by Crippen LogP contribution is -2.26. The molecule has 0 aliphatic carbocycles. The minimum atomic E-state index is -3.52. The van der Waals surface area contributed by atoms with E-state index in [2.05, 4.69) is 11.3 Å². The maximum atomic E-state index is 12.3. The first-order valence-corrected chi connectivity index (χ1v) is 7.26. The average Bonchev–Trinajstić information content (AvgIpc) is 2.26. The molecule has 0 aromatic heterocycles. The molecule has 0 atom stereocenters. The smallest absolute Gasteiger partial charge is 0.241 e. The highest BCUT2D eigenvalue weighted by Gasteiger charge is 2.21. The molecular weight excluding hydrogens is 248 g/mol. The molecule has 1 rings (SSSR count). The van der Waals surface area contributed by atoms with Gasteiger partial charge in [-0.1, -0.05) is 6.08 Å². The van der Waals surface area contributed by atoms with E-state index < -0.39 is 10.0 Å². The Bertz CT molecular complexity index is 537. The molecule has 0 bridgehead atoms. The minimum Gasteiger partial charge on any atom is -0.398 e. The van der Waals surface area contributed by atoms with E-state index in [1.54, 1.807) is 26.0 Å². The Hall–Kier alpha value is -1.33. The van der Waals surface area contributed by atoms with Crippen LogP contribution < -0.4 is 10.5 Å². The molecule has 0 aliphatic rings. The van der Waals surface area contributed by atoms with Gasteiger partial charge >= 0.3 is 0 Å². The molecule has 0 saturated carbocycles. The molecular formula is C13H20N2O2S. The van der Waals surface area contributed by atoms with E-state index in [9.17, 15) is 8.42 Å². The lowest BCUT2D eigenvalue weighted by Gasteiger charge is -2.15. The summed E-state index contributed by atoms with van der Waals surface area (Å²) in [4.78, 5) is 0.295. The third kappa shape index (κ3) is 2.91. The van der Waals surface area contributed by atoms with Gasteiger partial charge in [-0.25, -0.2) is 13.1 Å². The van der Waals surface area contributed by atoms with Crippen molar-refractivity contribution in [2.75, 3.05) is 12.3 Å². The van der Waals surface area contributed by atoms with Gasteiger partial charge in [-0.3, -0.25) is 0 Å². The van der Waals surface area contributed by atoms with Gasteiger partial charge in [0.15, 0.2) is 0 Å². The number of anilines is 1. The second-order valence-electron chi connectivity index (χ2n) is 4.34. The van der Waals surface area contributed by atoms with Gasteiger partial charge in [-0.2, -0.15) is 0 Å². The summed E-state index contributed by atoms with van der Waals surface area (Å²) in [6, 6.07) is 1.80. The zero-order chi connectivity index (χ0) is 13.9. The number of hydrogen-bond donors (Lipinski definition) is 2.